The number of hydrogen-bond donors (Lipinski definition) is 0. The normalized spacial score (nSPS) is 11.0. The van der Waals surface area contributed by atoms with Crippen LogP contribution in [0.3, 0.4) is 0 Å². The third-order valence-electron chi connectivity index (χ3n) is 3.02. The van der Waals surface area contributed by atoms with Crippen LogP contribution in [0.4, 0.5) is 0 Å². The molecule has 22 heavy (non-hydrogen) atoms. The van der Waals surface area contributed by atoms with Crippen molar-refractivity contribution in [2.24, 2.45) is 0 Å². The van der Waals surface area contributed by atoms with E-state index in [2.05, 4.69) is 16.5 Å². The Morgan fingerprint density at radius 3 is 3.00 bits per heavy atom. The van der Waals surface area contributed by atoms with E-state index in [0.29, 0.717) is 28.0 Å². The molecule has 0 aliphatic rings. The van der Waals surface area contributed by atoms with Crippen LogP contribution in [0.15, 0.2) is 52.4 Å². The summed E-state index contributed by atoms with van der Waals surface area (Å²) in [5.74, 6) is 0.671. The molecule has 0 atom stereocenters. The summed E-state index contributed by atoms with van der Waals surface area (Å²) in [5.41, 5.74) is 1.00. The van der Waals surface area contributed by atoms with Gasteiger partial charge in [-0.05, 0) is 23.1 Å². The first-order chi connectivity index (χ1) is 10.7. The van der Waals surface area contributed by atoms with Crippen LogP contribution in [0, 0.1) is 0 Å². The number of aromatic nitrogens is 3. The standard InChI is InChI=1S/C15H12ClN3OS2/c1-2-6-19-14(20)11-5-7-21-13(11)18-15(19)22-9-10-3-4-12(16)17-8-10/h2-5,7-8H,1,6,9H2. The van der Waals surface area contributed by atoms with Crippen LogP contribution < -0.4 is 5.56 Å². The van der Waals surface area contributed by atoms with Gasteiger partial charge in [0.15, 0.2) is 5.16 Å². The molecule has 0 fully saturated rings. The summed E-state index contributed by atoms with van der Waals surface area (Å²) < 4.78 is 1.65. The van der Waals surface area contributed by atoms with Crippen molar-refractivity contribution >= 4 is 44.9 Å². The second-order valence-corrected chi connectivity index (χ2v) is 6.74. The van der Waals surface area contributed by atoms with Crippen molar-refractivity contribution in [3.05, 3.63) is 63.5 Å². The fraction of sp³-hybridized carbons (Fsp3) is 0.133. The lowest BCUT2D eigenvalue weighted by atomic mass is 10.3. The summed E-state index contributed by atoms with van der Waals surface area (Å²) in [7, 11) is 0. The molecule has 3 aromatic rings. The molecule has 0 aliphatic carbocycles. The summed E-state index contributed by atoms with van der Waals surface area (Å²) in [4.78, 5) is 21.9. The number of halogens is 1. The van der Waals surface area contributed by atoms with Gasteiger partial charge in [-0.2, -0.15) is 0 Å². The molecule has 0 amide bonds. The van der Waals surface area contributed by atoms with Crippen LogP contribution in [-0.4, -0.2) is 14.5 Å². The maximum atomic E-state index is 12.5. The fourth-order valence-corrected chi connectivity index (χ4v) is 3.83. The predicted molar refractivity (Wildman–Crippen MR) is 92.9 cm³/mol. The zero-order valence-corrected chi connectivity index (χ0v) is 13.9. The summed E-state index contributed by atoms with van der Waals surface area (Å²) >= 11 is 8.76. The SMILES string of the molecule is C=CCn1c(SCc2ccc(Cl)nc2)nc2sccc2c1=O. The van der Waals surface area contributed by atoms with E-state index in [1.54, 1.807) is 22.9 Å². The van der Waals surface area contributed by atoms with Gasteiger partial charge in [0.2, 0.25) is 0 Å². The van der Waals surface area contributed by atoms with Gasteiger partial charge < -0.3 is 0 Å². The lowest BCUT2D eigenvalue weighted by Crippen LogP contribution is -2.22. The third-order valence-corrected chi connectivity index (χ3v) is 5.09. The minimum absolute atomic E-state index is 0.0251. The smallest absolute Gasteiger partial charge is 0.263 e. The molecule has 0 saturated heterocycles. The zero-order chi connectivity index (χ0) is 15.5. The first-order valence-electron chi connectivity index (χ1n) is 6.51. The van der Waals surface area contributed by atoms with Gasteiger partial charge >= 0.3 is 0 Å². The molecular formula is C15H12ClN3OS2. The quantitative estimate of drug-likeness (QED) is 0.302. The Labute approximate surface area is 140 Å². The monoisotopic (exact) mass is 349 g/mol. The molecule has 0 unspecified atom stereocenters. The van der Waals surface area contributed by atoms with Crippen LogP contribution in [-0.2, 0) is 12.3 Å². The Kier molecular flexibility index (Phi) is 4.61. The predicted octanol–water partition coefficient (Wildman–Crippen LogP) is 3.98. The maximum absolute atomic E-state index is 12.5. The number of rotatable bonds is 5. The summed E-state index contributed by atoms with van der Waals surface area (Å²) in [6, 6.07) is 5.48. The van der Waals surface area contributed by atoms with Gasteiger partial charge in [-0.1, -0.05) is 35.5 Å². The first kappa shape index (κ1) is 15.3. The summed E-state index contributed by atoms with van der Waals surface area (Å²) in [6.45, 7) is 4.16. The van der Waals surface area contributed by atoms with Gasteiger partial charge in [-0.25, -0.2) is 9.97 Å². The molecule has 3 rings (SSSR count). The van der Waals surface area contributed by atoms with Crippen LogP contribution in [0.1, 0.15) is 5.56 Å². The molecule has 0 spiro atoms. The lowest BCUT2D eigenvalue weighted by molar-refractivity contribution is 0.673. The third kappa shape index (κ3) is 3.09. The average Bonchev–Trinajstić information content (AvgIpc) is 2.99. The van der Waals surface area contributed by atoms with E-state index in [1.165, 1.54) is 23.1 Å². The number of nitrogens with zero attached hydrogens (tertiary/aromatic N) is 3. The van der Waals surface area contributed by atoms with Gasteiger partial charge in [0, 0.05) is 18.5 Å². The topological polar surface area (TPSA) is 47.8 Å². The molecule has 0 aliphatic heterocycles. The number of allylic oxidation sites excluding steroid dienone is 1. The average molecular weight is 350 g/mol. The molecule has 0 N–H and O–H groups in total. The highest BCUT2D eigenvalue weighted by molar-refractivity contribution is 7.98. The van der Waals surface area contributed by atoms with E-state index in [9.17, 15) is 4.79 Å². The number of pyridine rings is 1. The highest BCUT2D eigenvalue weighted by atomic mass is 35.5. The Bertz CT molecular complexity index is 871. The largest absolute Gasteiger partial charge is 0.283 e. The van der Waals surface area contributed by atoms with E-state index >= 15 is 0 Å². The molecule has 112 valence electrons. The zero-order valence-electron chi connectivity index (χ0n) is 11.5. The number of fused-ring (bicyclic) bond motifs is 1. The summed E-state index contributed by atoms with van der Waals surface area (Å²) in [5, 5.41) is 3.70. The molecule has 3 heterocycles. The van der Waals surface area contributed by atoms with Gasteiger partial charge in [-0.15, -0.1) is 17.9 Å². The van der Waals surface area contributed by atoms with E-state index in [-0.39, 0.29) is 5.56 Å². The molecule has 0 saturated carbocycles. The Balaban J connectivity index is 1.94. The van der Waals surface area contributed by atoms with Crippen molar-refractivity contribution in [1.82, 2.24) is 14.5 Å². The molecule has 0 aromatic carbocycles. The summed E-state index contributed by atoms with van der Waals surface area (Å²) in [6.07, 6.45) is 3.43. The van der Waals surface area contributed by atoms with Crippen LogP contribution in [0.5, 0.6) is 0 Å². The van der Waals surface area contributed by atoms with Gasteiger partial charge in [0.25, 0.3) is 5.56 Å². The minimum Gasteiger partial charge on any atom is -0.283 e. The second-order valence-electron chi connectivity index (χ2n) is 4.52. The van der Waals surface area contributed by atoms with Crippen molar-refractivity contribution in [3.63, 3.8) is 0 Å². The molecular weight excluding hydrogens is 338 g/mol. The first-order valence-corrected chi connectivity index (χ1v) is 8.75. The number of thioether (sulfide) groups is 1. The Hall–Kier alpha value is -1.63. The Morgan fingerprint density at radius 2 is 2.27 bits per heavy atom. The van der Waals surface area contributed by atoms with Crippen molar-refractivity contribution in [2.45, 2.75) is 17.5 Å². The van der Waals surface area contributed by atoms with E-state index in [4.69, 9.17) is 11.6 Å². The highest BCUT2D eigenvalue weighted by Crippen LogP contribution is 2.24. The number of hydrogen-bond acceptors (Lipinski definition) is 5. The van der Waals surface area contributed by atoms with E-state index < -0.39 is 0 Å². The molecule has 7 heteroatoms. The van der Waals surface area contributed by atoms with E-state index in [0.717, 1.165) is 10.4 Å². The molecule has 0 bridgehead atoms. The highest BCUT2D eigenvalue weighted by Gasteiger charge is 2.11. The van der Waals surface area contributed by atoms with Gasteiger partial charge in [-0.3, -0.25) is 9.36 Å². The van der Waals surface area contributed by atoms with Crippen LogP contribution >= 0.6 is 34.7 Å². The van der Waals surface area contributed by atoms with Crippen LogP contribution in [0.25, 0.3) is 10.2 Å². The minimum atomic E-state index is -0.0251. The molecule has 3 aromatic heterocycles. The maximum Gasteiger partial charge on any atom is 0.263 e. The van der Waals surface area contributed by atoms with Crippen molar-refractivity contribution in [1.29, 1.82) is 0 Å². The van der Waals surface area contributed by atoms with Crippen molar-refractivity contribution in [3.8, 4) is 0 Å². The van der Waals surface area contributed by atoms with Crippen molar-refractivity contribution < 1.29 is 0 Å². The van der Waals surface area contributed by atoms with Gasteiger partial charge in [0.1, 0.15) is 9.98 Å². The second kappa shape index (κ2) is 6.64. The van der Waals surface area contributed by atoms with Gasteiger partial charge in [0.05, 0.1) is 5.39 Å². The molecule has 0 radical (unpaired) electrons. The van der Waals surface area contributed by atoms with Crippen LogP contribution in [0.2, 0.25) is 5.15 Å². The lowest BCUT2D eigenvalue weighted by Gasteiger charge is -2.09. The van der Waals surface area contributed by atoms with E-state index in [1.807, 2.05) is 17.5 Å². The fourth-order valence-electron chi connectivity index (χ4n) is 1.97. The van der Waals surface area contributed by atoms with Crippen molar-refractivity contribution in [2.75, 3.05) is 0 Å². The number of thiophene rings is 1. The Morgan fingerprint density at radius 1 is 1.41 bits per heavy atom. The molecule has 4 nitrogen and oxygen atoms in total.